The van der Waals surface area contributed by atoms with Crippen LogP contribution in [-0.2, 0) is 0 Å². The molecule has 22 heavy (non-hydrogen) atoms. The van der Waals surface area contributed by atoms with Gasteiger partial charge in [0.05, 0.1) is 0 Å². The van der Waals surface area contributed by atoms with E-state index >= 15 is 0 Å². The molecule has 0 heterocycles. The maximum Gasteiger partial charge on any atom is -0.0178 e. The van der Waals surface area contributed by atoms with Crippen molar-refractivity contribution in [1.29, 1.82) is 0 Å². The molecule has 0 nitrogen and oxygen atoms in total. The molecule has 0 N–H and O–H groups in total. The smallest absolute Gasteiger partial charge is 0.0178 e. The van der Waals surface area contributed by atoms with E-state index in [9.17, 15) is 0 Å². The van der Waals surface area contributed by atoms with Gasteiger partial charge in [-0.2, -0.15) is 0 Å². The molecule has 1 rings (SSSR count). The van der Waals surface area contributed by atoms with Crippen molar-refractivity contribution in [3.8, 4) is 0 Å². The number of allylic oxidation sites excluding steroid dienone is 1. The first-order valence-electron chi connectivity index (χ1n) is 9.00. The molecule has 0 aromatic rings. The molecule has 0 atom stereocenters. The first-order valence-corrected chi connectivity index (χ1v) is 9.00. The molecule has 0 bridgehead atoms. The van der Waals surface area contributed by atoms with Crippen LogP contribution in [0.5, 0.6) is 0 Å². The third-order valence-corrected chi connectivity index (χ3v) is 5.82. The Morgan fingerprint density at radius 1 is 0.864 bits per heavy atom. The zero-order valence-electron chi connectivity index (χ0n) is 18.2. The SMILES string of the molecule is C=C(C)C(C)(C)C.CC(C)(C)C1(C)CC1.CC(C)C(C)(C)C. The highest BCUT2D eigenvalue weighted by Gasteiger charge is 2.46. The van der Waals surface area contributed by atoms with E-state index in [1.54, 1.807) is 0 Å². The Morgan fingerprint density at radius 2 is 1.09 bits per heavy atom. The molecule has 0 unspecified atom stereocenters. The Kier molecular flexibility index (Phi) is 8.75. The molecule has 0 heteroatoms. The summed E-state index contributed by atoms with van der Waals surface area (Å²) < 4.78 is 0. The van der Waals surface area contributed by atoms with E-state index in [0.717, 1.165) is 5.92 Å². The summed E-state index contributed by atoms with van der Waals surface area (Å²) in [5.74, 6) is 0.799. The van der Waals surface area contributed by atoms with Gasteiger partial charge in [0.2, 0.25) is 0 Å². The van der Waals surface area contributed by atoms with Gasteiger partial charge < -0.3 is 0 Å². The minimum atomic E-state index is 0.306. The Hall–Kier alpha value is -0.260. The minimum Gasteiger partial charge on any atom is -0.0996 e. The Bertz CT molecular complexity index is 315. The van der Waals surface area contributed by atoms with Gasteiger partial charge in [0.25, 0.3) is 0 Å². The van der Waals surface area contributed by atoms with Crippen LogP contribution in [0.4, 0.5) is 0 Å². The highest BCUT2D eigenvalue weighted by atomic mass is 14.5. The van der Waals surface area contributed by atoms with Crippen LogP contribution in [0.1, 0.15) is 103 Å². The van der Waals surface area contributed by atoms with Gasteiger partial charge in [-0.1, -0.05) is 95.2 Å². The maximum atomic E-state index is 3.83. The molecule has 0 aromatic heterocycles. The van der Waals surface area contributed by atoms with Crippen molar-refractivity contribution in [2.24, 2.45) is 27.6 Å². The fourth-order valence-corrected chi connectivity index (χ4v) is 0.937. The van der Waals surface area contributed by atoms with E-state index in [1.807, 2.05) is 0 Å². The molecule has 0 saturated heterocycles. The normalized spacial score (nSPS) is 17.0. The average molecular weight is 311 g/mol. The zero-order valence-corrected chi connectivity index (χ0v) is 18.2. The van der Waals surface area contributed by atoms with Gasteiger partial charge in [0.15, 0.2) is 0 Å². The fourth-order valence-electron chi connectivity index (χ4n) is 0.937. The third-order valence-electron chi connectivity index (χ3n) is 5.82. The lowest BCUT2D eigenvalue weighted by atomic mass is 9.79. The van der Waals surface area contributed by atoms with E-state index in [1.165, 1.54) is 18.4 Å². The van der Waals surface area contributed by atoms with Crippen molar-refractivity contribution in [1.82, 2.24) is 0 Å². The first kappa shape index (κ1) is 24.0. The van der Waals surface area contributed by atoms with Crippen LogP contribution in [0.25, 0.3) is 0 Å². The van der Waals surface area contributed by atoms with Gasteiger partial charge in [0, 0.05) is 0 Å². The van der Waals surface area contributed by atoms with E-state index in [4.69, 9.17) is 0 Å². The van der Waals surface area contributed by atoms with E-state index in [0.29, 0.717) is 21.7 Å². The van der Waals surface area contributed by atoms with Crippen molar-refractivity contribution in [3.05, 3.63) is 12.2 Å². The summed E-state index contributed by atoms with van der Waals surface area (Å²) in [4.78, 5) is 0. The van der Waals surface area contributed by atoms with Gasteiger partial charge in [-0.05, 0) is 47.3 Å². The highest BCUT2D eigenvalue weighted by Crippen LogP contribution is 2.57. The van der Waals surface area contributed by atoms with Crippen molar-refractivity contribution < 1.29 is 0 Å². The highest BCUT2D eigenvalue weighted by molar-refractivity contribution is 5.00. The summed E-state index contributed by atoms with van der Waals surface area (Å²) in [6, 6.07) is 0. The fraction of sp³-hybridized carbons (Fsp3) is 0.909. The lowest BCUT2D eigenvalue weighted by molar-refractivity contribution is 0.237. The summed E-state index contributed by atoms with van der Waals surface area (Å²) in [7, 11) is 0. The number of hydrogen-bond donors (Lipinski definition) is 0. The molecule has 1 fully saturated rings. The van der Waals surface area contributed by atoms with Gasteiger partial charge in [0.1, 0.15) is 0 Å². The van der Waals surface area contributed by atoms with Crippen LogP contribution in [-0.4, -0.2) is 0 Å². The molecule has 0 aliphatic heterocycles. The molecule has 0 aromatic carbocycles. The second-order valence-electron chi connectivity index (χ2n) is 10.9. The first-order chi connectivity index (χ1) is 9.34. The summed E-state index contributed by atoms with van der Waals surface area (Å²) in [6.45, 7) is 33.0. The monoisotopic (exact) mass is 310 g/mol. The van der Waals surface area contributed by atoms with Crippen LogP contribution >= 0.6 is 0 Å². The van der Waals surface area contributed by atoms with E-state index < -0.39 is 0 Å². The topological polar surface area (TPSA) is 0 Å². The largest absolute Gasteiger partial charge is 0.0996 e. The Morgan fingerprint density at radius 3 is 1.09 bits per heavy atom. The molecule has 134 valence electrons. The zero-order chi connectivity index (χ0) is 18.6. The molecule has 1 aliphatic carbocycles. The predicted molar refractivity (Wildman–Crippen MR) is 105 cm³/mol. The summed E-state index contributed by atoms with van der Waals surface area (Å²) >= 11 is 0. The van der Waals surface area contributed by atoms with Gasteiger partial charge in [-0.25, -0.2) is 0 Å². The number of rotatable bonds is 0. The third kappa shape index (κ3) is 10.5. The van der Waals surface area contributed by atoms with Gasteiger partial charge in [-0.3, -0.25) is 0 Å². The van der Waals surface area contributed by atoms with Crippen molar-refractivity contribution >= 4 is 0 Å². The second-order valence-corrected chi connectivity index (χ2v) is 10.9. The minimum absolute atomic E-state index is 0.306. The van der Waals surface area contributed by atoms with Gasteiger partial charge in [-0.15, -0.1) is 0 Å². The summed E-state index contributed by atoms with van der Waals surface area (Å²) in [6.07, 6.45) is 2.88. The molecule has 1 saturated carbocycles. The van der Waals surface area contributed by atoms with Crippen molar-refractivity contribution in [3.63, 3.8) is 0 Å². The van der Waals surface area contributed by atoms with Crippen LogP contribution < -0.4 is 0 Å². The quantitative estimate of drug-likeness (QED) is 0.396. The van der Waals surface area contributed by atoms with Crippen LogP contribution in [0.2, 0.25) is 0 Å². The molecular weight excluding hydrogens is 264 g/mol. The maximum absolute atomic E-state index is 3.83. The number of hydrogen-bond acceptors (Lipinski definition) is 0. The summed E-state index contributed by atoms with van der Waals surface area (Å²) in [5, 5.41) is 0. The standard InChI is InChI=1S/C8H16.C7H16.C7H14/c1-7(2,3)8(4)5-6-8;2*1-6(2)7(3,4)5/h5-6H2,1-4H3;6H,1-5H3;1H2,2-5H3. The lowest BCUT2D eigenvalue weighted by Gasteiger charge is -2.26. The molecule has 0 amide bonds. The van der Waals surface area contributed by atoms with Crippen LogP contribution in [0.3, 0.4) is 0 Å². The molecule has 1 aliphatic rings. The predicted octanol–water partition coefficient (Wildman–Crippen LogP) is 8.13. The van der Waals surface area contributed by atoms with Crippen LogP contribution in [0, 0.1) is 27.6 Å². The van der Waals surface area contributed by atoms with E-state index in [-0.39, 0.29) is 0 Å². The Balaban J connectivity index is 0. The molecular formula is C22H46. The lowest BCUT2D eigenvalue weighted by Crippen LogP contribution is -2.17. The average Bonchev–Trinajstić information content (AvgIpc) is 2.95. The Labute approximate surface area is 143 Å². The second kappa shape index (κ2) is 8.02. The van der Waals surface area contributed by atoms with Gasteiger partial charge >= 0.3 is 0 Å². The van der Waals surface area contributed by atoms with Crippen LogP contribution in [0.15, 0.2) is 12.2 Å². The van der Waals surface area contributed by atoms with Crippen molar-refractivity contribution in [2.45, 2.75) is 103 Å². The van der Waals surface area contributed by atoms with E-state index in [2.05, 4.69) is 96.6 Å². The molecule has 0 spiro atoms. The summed E-state index contributed by atoms with van der Waals surface area (Å²) in [5.41, 5.74) is 3.28. The van der Waals surface area contributed by atoms with Crippen molar-refractivity contribution in [2.75, 3.05) is 0 Å². The molecule has 0 radical (unpaired) electrons.